The summed E-state index contributed by atoms with van der Waals surface area (Å²) in [7, 11) is 0. The Morgan fingerprint density at radius 3 is 2.90 bits per heavy atom. The van der Waals surface area contributed by atoms with Crippen LogP contribution in [-0.2, 0) is 6.42 Å². The molecule has 106 valence electrons. The number of thiazole rings is 1. The Morgan fingerprint density at radius 2 is 2.14 bits per heavy atom. The smallest absolute Gasteiger partial charge is 0.277 e. The Hall–Kier alpha value is -2.54. The molecule has 0 aliphatic heterocycles. The fourth-order valence-corrected chi connectivity index (χ4v) is 2.79. The second kappa shape index (κ2) is 5.84. The van der Waals surface area contributed by atoms with Crippen LogP contribution in [0.4, 0.5) is 11.4 Å². The number of aromatic nitrogens is 2. The monoisotopic (exact) mass is 300 g/mol. The maximum Gasteiger partial charge on any atom is 0.277 e. The van der Waals surface area contributed by atoms with Gasteiger partial charge in [0.15, 0.2) is 0 Å². The highest BCUT2D eigenvalue weighted by Crippen LogP contribution is 2.30. The van der Waals surface area contributed by atoms with Crippen LogP contribution in [0.5, 0.6) is 0 Å². The molecule has 6 nitrogen and oxygen atoms in total. The van der Waals surface area contributed by atoms with Gasteiger partial charge < -0.3 is 5.32 Å². The summed E-state index contributed by atoms with van der Waals surface area (Å²) >= 11 is 1.62. The average Bonchev–Trinajstić information content (AvgIpc) is 3.00. The van der Waals surface area contributed by atoms with Crippen LogP contribution in [-0.4, -0.2) is 21.4 Å². The van der Waals surface area contributed by atoms with Crippen molar-refractivity contribution in [3.63, 3.8) is 0 Å². The lowest BCUT2D eigenvalue weighted by Gasteiger charge is -2.09. The molecule has 1 N–H and O–H groups in total. The Balaban J connectivity index is 1.85. The van der Waals surface area contributed by atoms with Gasteiger partial charge in [-0.1, -0.05) is 0 Å². The Bertz CT molecular complexity index is 774. The Kier molecular flexibility index (Phi) is 3.74. The molecule has 0 radical (unpaired) electrons. The molecule has 3 rings (SSSR count). The third-order valence-corrected chi connectivity index (χ3v) is 3.97. The number of fused-ring (bicyclic) bond motifs is 1. The lowest BCUT2D eigenvalue weighted by Crippen LogP contribution is -2.05. The number of non-ortho nitro benzene ring substituents is 1. The summed E-state index contributed by atoms with van der Waals surface area (Å²) in [5, 5.41) is 18.7. The minimum atomic E-state index is -0.373. The SMILES string of the molecule is O=[N+]([O-])c1ccc(NCCc2nccs2)c2cnccc12. The van der Waals surface area contributed by atoms with Gasteiger partial charge in [-0.3, -0.25) is 15.1 Å². The number of nitrogens with zero attached hydrogens (tertiary/aromatic N) is 3. The van der Waals surface area contributed by atoms with Crippen molar-refractivity contribution in [1.29, 1.82) is 0 Å². The van der Waals surface area contributed by atoms with Gasteiger partial charge in [0, 0.05) is 54.1 Å². The van der Waals surface area contributed by atoms with Crippen LogP contribution in [0, 0.1) is 10.1 Å². The summed E-state index contributed by atoms with van der Waals surface area (Å²) in [4.78, 5) is 19.0. The second-order valence-electron chi connectivity index (χ2n) is 4.41. The van der Waals surface area contributed by atoms with Crippen LogP contribution in [0.3, 0.4) is 0 Å². The van der Waals surface area contributed by atoms with Gasteiger partial charge in [0.25, 0.3) is 5.69 Å². The van der Waals surface area contributed by atoms with E-state index in [-0.39, 0.29) is 10.6 Å². The number of benzene rings is 1. The molecule has 0 fully saturated rings. The molecule has 0 unspecified atom stereocenters. The number of nitro benzene ring substituents is 1. The largest absolute Gasteiger partial charge is 0.384 e. The molecule has 0 spiro atoms. The summed E-state index contributed by atoms with van der Waals surface area (Å²) in [6.45, 7) is 0.718. The number of rotatable bonds is 5. The number of hydrogen-bond donors (Lipinski definition) is 1. The molecule has 0 aliphatic carbocycles. The van der Waals surface area contributed by atoms with Crippen LogP contribution in [0.25, 0.3) is 10.8 Å². The molecule has 0 atom stereocenters. The summed E-state index contributed by atoms with van der Waals surface area (Å²) in [5.74, 6) is 0. The van der Waals surface area contributed by atoms with Gasteiger partial charge in [0.05, 0.1) is 15.3 Å². The zero-order chi connectivity index (χ0) is 14.7. The van der Waals surface area contributed by atoms with E-state index in [4.69, 9.17) is 0 Å². The lowest BCUT2D eigenvalue weighted by molar-refractivity contribution is -0.383. The highest BCUT2D eigenvalue weighted by Gasteiger charge is 2.13. The molecule has 0 saturated carbocycles. The van der Waals surface area contributed by atoms with E-state index in [0.717, 1.165) is 29.0 Å². The zero-order valence-corrected chi connectivity index (χ0v) is 11.8. The van der Waals surface area contributed by atoms with Gasteiger partial charge >= 0.3 is 0 Å². The van der Waals surface area contributed by atoms with E-state index in [0.29, 0.717) is 5.39 Å². The van der Waals surface area contributed by atoms with Crippen molar-refractivity contribution < 1.29 is 4.92 Å². The topological polar surface area (TPSA) is 81.0 Å². The summed E-state index contributed by atoms with van der Waals surface area (Å²) in [6, 6.07) is 4.91. The van der Waals surface area contributed by atoms with Crippen molar-refractivity contribution in [3.8, 4) is 0 Å². The number of pyridine rings is 1. The number of nitrogens with one attached hydrogen (secondary N) is 1. The van der Waals surface area contributed by atoms with E-state index in [1.165, 1.54) is 6.07 Å². The fraction of sp³-hybridized carbons (Fsp3) is 0.143. The standard InChI is InChI=1S/C14H12N4O2S/c19-18(20)13-2-1-12(11-9-15-5-3-10(11)13)16-6-4-14-17-7-8-21-14/h1-3,5,7-9,16H,4,6H2. The normalized spacial score (nSPS) is 10.7. The first-order valence-electron chi connectivity index (χ1n) is 6.39. The quantitative estimate of drug-likeness (QED) is 0.578. The second-order valence-corrected chi connectivity index (χ2v) is 5.39. The molecule has 0 aliphatic rings. The van der Waals surface area contributed by atoms with Gasteiger partial charge in [-0.2, -0.15) is 0 Å². The van der Waals surface area contributed by atoms with Crippen molar-refractivity contribution in [2.75, 3.05) is 11.9 Å². The van der Waals surface area contributed by atoms with E-state index in [9.17, 15) is 10.1 Å². The first-order valence-corrected chi connectivity index (χ1v) is 7.27. The van der Waals surface area contributed by atoms with Crippen molar-refractivity contribution in [2.45, 2.75) is 6.42 Å². The minimum absolute atomic E-state index is 0.0953. The molecule has 3 aromatic rings. The molecular formula is C14H12N4O2S. The van der Waals surface area contributed by atoms with Crippen molar-refractivity contribution in [3.05, 3.63) is 57.3 Å². The number of hydrogen-bond acceptors (Lipinski definition) is 6. The molecular weight excluding hydrogens is 288 g/mol. The summed E-state index contributed by atoms with van der Waals surface area (Å²) in [5.41, 5.74) is 0.943. The molecule has 0 bridgehead atoms. The summed E-state index contributed by atoms with van der Waals surface area (Å²) in [6.07, 6.45) is 5.81. The summed E-state index contributed by atoms with van der Waals surface area (Å²) < 4.78 is 0. The molecule has 2 aromatic heterocycles. The van der Waals surface area contributed by atoms with Gasteiger partial charge in [-0.25, -0.2) is 4.98 Å². The van der Waals surface area contributed by atoms with Crippen LogP contribution in [0.15, 0.2) is 42.2 Å². The molecule has 0 amide bonds. The predicted molar refractivity (Wildman–Crippen MR) is 82.7 cm³/mol. The van der Waals surface area contributed by atoms with E-state index < -0.39 is 0 Å². The molecule has 1 aromatic carbocycles. The molecule has 7 heteroatoms. The zero-order valence-electron chi connectivity index (χ0n) is 11.0. The molecule has 2 heterocycles. The van der Waals surface area contributed by atoms with Gasteiger partial charge in [-0.05, 0) is 12.1 Å². The van der Waals surface area contributed by atoms with E-state index >= 15 is 0 Å². The first-order chi connectivity index (χ1) is 10.3. The van der Waals surface area contributed by atoms with Crippen LogP contribution in [0.1, 0.15) is 5.01 Å². The number of nitro groups is 1. The van der Waals surface area contributed by atoms with Crippen molar-refractivity contribution >= 4 is 33.5 Å². The van der Waals surface area contributed by atoms with Crippen LogP contribution < -0.4 is 5.32 Å². The van der Waals surface area contributed by atoms with Gasteiger partial charge in [0.2, 0.25) is 0 Å². The van der Waals surface area contributed by atoms with Crippen LogP contribution >= 0.6 is 11.3 Å². The van der Waals surface area contributed by atoms with Gasteiger partial charge in [0.1, 0.15) is 0 Å². The Morgan fingerprint density at radius 1 is 1.24 bits per heavy atom. The number of anilines is 1. The molecule has 0 saturated heterocycles. The third kappa shape index (κ3) is 2.82. The Labute approximate surface area is 124 Å². The van der Waals surface area contributed by atoms with Crippen molar-refractivity contribution in [2.24, 2.45) is 0 Å². The lowest BCUT2D eigenvalue weighted by atomic mass is 10.1. The fourth-order valence-electron chi connectivity index (χ4n) is 2.17. The highest BCUT2D eigenvalue weighted by atomic mass is 32.1. The first kappa shape index (κ1) is 13.4. The minimum Gasteiger partial charge on any atom is -0.384 e. The van der Waals surface area contributed by atoms with E-state index in [1.54, 1.807) is 42.1 Å². The predicted octanol–water partition coefficient (Wildman–Crippen LogP) is 3.25. The maximum atomic E-state index is 11.1. The maximum absolute atomic E-state index is 11.1. The highest BCUT2D eigenvalue weighted by molar-refractivity contribution is 7.09. The third-order valence-electron chi connectivity index (χ3n) is 3.13. The molecule has 21 heavy (non-hydrogen) atoms. The van der Waals surface area contributed by atoms with Crippen LogP contribution in [0.2, 0.25) is 0 Å². The van der Waals surface area contributed by atoms with E-state index in [2.05, 4.69) is 15.3 Å². The van der Waals surface area contributed by atoms with Gasteiger partial charge in [-0.15, -0.1) is 11.3 Å². The van der Waals surface area contributed by atoms with Crippen molar-refractivity contribution in [1.82, 2.24) is 9.97 Å². The van der Waals surface area contributed by atoms with E-state index in [1.807, 2.05) is 5.38 Å². The average molecular weight is 300 g/mol.